The van der Waals surface area contributed by atoms with E-state index in [1.54, 1.807) is 11.0 Å². The minimum atomic E-state index is -3.57. The van der Waals surface area contributed by atoms with Crippen molar-refractivity contribution in [2.45, 2.75) is 82.8 Å². The molecular weight excluding hydrogens is 490 g/mol. The quantitative estimate of drug-likeness (QED) is 0.474. The van der Waals surface area contributed by atoms with Crippen LogP contribution >= 0.6 is 12.4 Å². The van der Waals surface area contributed by atoms with Gasteiger partial charge in [-0.25, -0.2) is 18.1 Å². The number of nitrogens with zero attached hydrogens (tertiary/aromatic N) is 2. The number of piperidine rings is 1. The second-order valence-electron chi connectivity index (χ2n) is 10.3. The molecule has 4 rings (SSSR count). The van der Waals surface area contributed by atoms with Gasteiger partial charge in [0.05, 0.1) is 6.26 Å². The van der Waals surface area contributed by atoms with Crippen LogP contribution in [0.25, 0.3) is 0 Å². The minimum Gasteiger partial charge on any atom is -0.384 e. The Kier molecular flexibility index (Phi) is 8.70. The predicted molar refractivity (Wildman–Crippen MR) is 137 cm³/mol. The number of anilines is 1. The number of aryl methyl sites for hydroxylation is 1. The van der Waals surface area contributed by atoms with Crippen LogP contribution in [-0.2, 0) is 26.2 Å². The van der Waals surface area contributed by atoms with Gasteiger partial charge in [0.25, 0.3) is 0 Å². The van der Waals surface area contributed by atoms with Crippen LogP contribution in [0.15, 0.2) is 12.1 Å². The molecule has 3 atom stereocenters. The molecule has 9 nitrogen and oxygen atoms in total. The van der Waals surface area contributed by atoms with Gasteiger partial charge in [-0.2, -0.15) is 0 Å². The van der Waals surface area contributed by atoms with Gasteiger partial charge in [0, 0.05) is 18.8 Å². The zero-order valence-electron chi connectivity index (χ0n) is 20.6. The smallest absolute Gasteiger partial charge is 0.246 e. The first-order valence-corrected chi connectivity index (χ1v) is 14.3. The topological polar surface area (TPSA) is 134 Å². The maximum atomic E-state index is 13.8. The van der Waals surface area contributed by atoms with E-state index >= 15 is 0 Å². The Morgan fingerprint density at radius 3 is 2.57 bits per heavy atom. The predicted octanol–water partition coefficient (Wildman–Crippen LogP) is 2.28. The first-order valence-electron chi connectivity index (χ1n) is 12.4. The van der Waals surface area contributed by atoms with Gasteiger partial charge in [0.2, 0.25) is 21.8 Å². The largest absolute Gasteiger partial charge is 0.384 e. The van der Waals surface area contributed by atoms with E-state index in [9.17, 15) is 18.0 Å². The van der Waals surface area contributed by atoms with E-state index in [2.05, 4.69) is 15.0 Å². The molecule has 1 aliphatic heterocycles. The Bertz CT molecular complexity index is 1050. The molecule has 2 heterocycles. The Balaban J connectivity index is 0.00000342. The highest BCUT2D eigenvalue weighted by molar-refractivity contribution is 7.88. The molecule has 2 saturated carbocycles. The van der Waals surface area contributed by atoms with Crippen LogP contribution in [0.1, 0.15) is 69.0 Å². The number of aromatic nitrogens is 1. The molecule has 0 aromatic carbocycles. The van der Waals surface area contributed by atoms with Crippen molar-refractivity contribution < 1.29 is 18.0 Å². The highest BCUT2D eigenvalue weighted by Gasteiger charge is 2.66. The SMILES string of the molecule is Cc1nc(N)ccc1CNC(=O)[C@]12C[C@H]1CCCN2C(=O)[C@@H](CC1CCCCC1)NS(C)(=O)=O.Cl. The fourth-order valence-corrected chi connectivity index (χ4v) is 6.63. The van der Waals surface area contributed by atoms with E-state index in [4.69, 9.17) is 5.73 Å². The Morgan fingerprint density at radius 2 is 1.91 bits per heavy atom. The average Bonchev–Trinajstić information content (AvgIpc) is 3.53. The van der Waals surface area contributed by atoms with Gasteiger partial charge in [-0.3, -0.25) is 9.59 Å². The van der Waals surface area contributed by atoms with Crippen LogP contribution in [0.3, 0.4) is 0 Å². The second kappa shape index (κ2) is 11.0. The lowest BCUT2D eigenvalue weighted by atomic mass is 9.84. The van der Waals surface area contributed by atoms with Crippen LogP contribution in [0, 0.1) is 18.8 Å². The molecule has 3 aliphatic rings. The van der Waals surface area contributed by atoms with Crippen LogP contribution in [-0.4, -0.2) is 54.5 Å². The lowest BCUT2D eigenvalue weighted by Gasteiger charge is -2.38. The second-order valence-corrected chi connectivity index (χ2v) is 12.1. The van der Waals surface area contributed by atoms with Crippen molar-refractivity contribution in [1.29, 1.82) is 0 Å². The van der Waals surface area contributed by atoms with Crippen molar-refractivity contribution >= 4 is 40.1 Å². The molecule has 1 aromatic rings. The van der Waals surface area contributed by atoms with Crippen molar-refractivity contribution in [3.8, 4) is 0 Å². The first-order chi connectivity index (χ1) is 16.1. The molecule has 1 aromatic heterocycles. The maximum Gasteiger partial charge on any atom is 0.246 e. The van der Waals surface area contributed by atoms with E-state index in [1.807, 2.05) is 13.0 Å². The van der Waals surface area contributed by atoms with Gasteiger partial charge in [0.15, 0.2) is 0 Å². The van der Waals surface area contributed by atoms with Crippen molar-refractivity contribution in [1.82, 2.24) is 19.9 Å². The van der Waals surface area contributed by atoms with Crippen molar-refractivity contribution in [3.05, 3.63) is 23.4 Å². The summed E-state index contributed by atoms with van der Waals surface area (Å²) < 4.78 is 26.8. The minimum absolute atomic E-state index is 0. The van der Waals surface area contributed by atoms with E-state index in [1.165, 1.54) is 6.42 Å². The van der Waals surface area contributed by atoms with E-state index in [0.717, 1.165) is 56.0 Å². The van der Waals surface area contributed by atoms with Gasteiger partial charge < -0.3 is 16.0 Å². The summed E-state index contributed by atoms with van der Waals surface area (Å²) in [5.41, 5.74) is 6.48. The normalized spacial score (nSPS) is 25.2. The number of fused-ring (bicyclic) bond motifs is 1. The fourth-order valence-electron chi connectivity index (χ4n) is 5.92. The number of nitrogen functional groups attached to an aromatic ring is 1. The monoisotopic (exact) mass is 527 g/mol. The summed E-state index contributed by atoms with van der Waals surface area (Å²) in [6, 6.07) is 2.72. The van der Waals surface area contributed by atoms with Crippen molar-refractivity contribution in [2.75, 3.05) is 18.5 Å². The summed E-state index contributed by atoms with van der Waals surface area (Å²) in [4.78, 5) is 33.1. The number of halogens is 1. The third-order valence-corrected chi connectivity index (χ3v) is 8.47. The van der Waals surface area contributed by atoms with Crippen molar-refractivity contribution in [3.63, 3.8) is 0 Å². The lowest BCUT2D eigenvalue weighted by molar-refractivity contribution is -0.146. The molecule has 3 fully saturated rings. The average molecular weight is 528 g/mol. The lowest BCUT2D eigenvalue weighted by Crippen LogP contribution is -2.59. The molecule has 0 spiro atoms. The maximum absolute atomic E-state index is 13.8. The molecule has 2 amide bonds. The standard InChI is InChI=1S/C24H37N5O4S.ClH/c1-16-18(10-11-21(25)27-16)15-26-23(31)24-14-19(24)9-6-12-29(24)22(30)20(28-34(2,32)33)13-17-7-4-3-5-8-17;/h10-11,17,19-20,28H,3-9,12-15H2,1-2H3,(H2,25,27)(H,26,31);1H/t19-,20-,24+;/m1./s1. The summed E-state index contributed by atoms with van der Waals surface area (Å²) >= 11 is 0. The zero-order valence-corrected chi connectivity index (χ0v) is 22.2. The molecule has 35 heavy (non-hydrogen) atoms. The van der Waals surface area contributed by atoms with Gasteiger partial charge in [-0.15, -0.1) is 12.4 Å². The van der Waals surface area contributed by atoms with E-state index in [0.29, 0.717) is 37.7 Å². The molecule has 11 heteroatoms. The molecule has 0 radical (unpaired) electrons. The third kappa shape index (κ3) is 6.27. The zero-order chi connectivity index (χ0) is 24.5. The molecule has 0 unspecified atom stereocenters. The number of carbonyl (C=O) groups excluding carboxylic acids is 2. The number of amides is 2. The summed E-state index contributed by atoms with van der Waals surface area (Å²) in [7, 11) is -3.57. The van der Waals surface area contributed by atoms with Gasteiger partial charge in [0.1, 0.15) is 17.4 Å². The van der Waals surface area contributed by atoms with Crippen LogP contribution in [0.4, 0.5) is 5.82 Å². The number of carbonyl (C=O) groups is 2. The Morgan fingerprint density at radius 1 is 1.20 bits per heavy atom. The van der Waals surface area contributed by atoms with Gasteiger partial charge in [-0.1, -0.05) is 38.2 Å². The first kappa shape index (κ1) is 27.7. The molecule has 4 N–H and O–H groups in total. The molecule has 2 aliphatic carbocycles. The number of hydrogen-bond donors (Lipinski definition) is 3. The summed E-state index contributed by atoms with van der Waals surface area (Å²) in [5.74, 6) is 0.433. The summed E-state index contributed by atoms with van der Waals surface area (Å²) in [6.45, 7) is 2.62. The number of hydrogen-bond acceptors (Lipinski definition) is 6. The number of likely N-dealkylation sites (tertiary alicyclic amines) is 1. The number of sulfonamides is 1. The molecule has 0 bridgehead atoms. The summed E-state index contributed by atoms with van der Waals surface area (Å²) in [5, 5.41) is 3.01. The highest BCUT2D eigenvalue weighted by Crippen LogP contribution is 2.54. The third-order valence-electron chi connectivity index (χ3n) is 7.75. The summed E-state index contributed by atoms with van der Waals surface area (Å²) in [6.07, 6.45) is 9.36. The van der Waals surface area contributed by atoms with Gasteiger partial charge >= 0.3 is 0 Å². The van der Waals surface area contributed by atoms with Crippen molar-refractivity contribution in [2.24, 2.45) is 11.8 Å². The molecule has 1 saturated heterocycles. The van der Waals surface area contributed by atoms with E-state index < -0.39 is 21.6 Å². The number of nitrogens with one attached hydrogen (secondary N) is 2. The molecular formula is C24H38ClN5O4S. The number of nitrogens with two attached hydrogens (primary N) is 1. The van der Waals surface area contributed by atoms with Crippen LogP contribution < -0.4 is 15.8 Å². The van der Waals surface area contributed by atoms with E-state index in [-0.39, 0.29) is 30.1 Å². The van der Waals surface area contributed by atoms with Gasteiger partial charge in [-0.05, 0) is 56.1 Å². The number of pyridine rings is 1. The van der Waals surface area contributed by atoms with Crippen LogP contribution in [0.5, 0.6) is 0 Å². The fraction of sp³-hybridized carbons (Fsp3) is 0.708. The molecule has 196 valence electrons. The van der Waals surface area contributed by atoms with Crippen LogP contribution in [0.2, 0.25) is 0 Å². The highest BCUT2D eigenvalue weighted by atomic mass is 35.5. The Hall–Kier alpha value is -1.91. The number of rotatable bonds is 8. The Labute approximate surface area is 214 Å².